The summed E-state index contributed by atoms with van der Waals surface area (Å²) in [6.07, 6.45) is 5.00. The molecular formula is C16H27N3. The van der Waals surface area contributed by atoms with Crippen LogP contribution < -0.4 is 5.32 Å². The average molecular weight is 261 g/mol. The first-order chi connectivity index (χ1) is 9.11. The van der Waals surface area contributed by atoms with Crippen LogP contribution in [-0.2, 0) is 6.54 Å². The minimum atomic E-state index is 0.588. The maximum atomic E-state index is 4.78. The van der Waals surface area contributed by atoms with Gasteiger partial charge in [-0.1, -0.05) is 13.8 Å². The van der Waals surface area contributed by atoms with Crippen molar-refractivity contribution in [1.29, 1.82) is 0 Å². The second-order valence-electron chi connectivity index (χ2n) is 6.02. The minimum absolute atomic E-state index is 0.588. The number of nitrogens with zero attached hydrogens (tertiary/aromatic N) is 2. The van der Waals surface area contributed by atoms with E-state index in [1.807, 2.05) is 0 Å². The van der Waals surface area contributed by atoms with E-state index in [-0.39, 0.29) is 0 Å². The topological polar surface area (TPSA) is 37.8 Å². The van der Waals surface area contributed by atoms with Crippen LogP contribution >= 0.6 is 0 Å². The van der Waals surface area contributed by atoms with Crippen molar-refractivity contribution in [3.63, 3.8) is 0 Å². The third-order valence-electron chi connectivity index (χ3n) is 4.23. The van der Waals surface area contributed by atoms with Crippen LogP contribution in [0.25, 0.3) is 0 Å². The van der Waals surface area contributed by atoms with Gasteiger partial charge in [0.25, 0.3) is 0 Å². The van der Waals surface area contributed by atoms with Crippen LogP contribution in [0.5, 0.6) is 0 Å². The van der Waals surface area contributed by atoms with E-state index >= 15 is 0 Å². The van der Waals surface area contributed by atoms with Crippen LogP contribution in [0.2, 0.25) is 0 Å². The minimum Gasteiger partial charge on any atom is -0.313 e. The maximum Gasteiger partial charge on any atom is 0.131 e. The molecule has 1 aliphatic rings. The molecule has 1 saturated carbocycles. The Morgan fingerprint density at radius 3 is 2.37 bits per heavy atom. The van der Waals surface area contributed by atoms with Crippen LogP contribution in [0.4, 0.5) is 0 Å². The molecule has 0 radical (unpaired) electrons. The molecular weight excluding hydrogens is 234 g/mol. The molecule has 1 aromatic heterocycles. The first-order valence-corrected chi connectivity index (χ1v) is 7.66. The summed E-state index contributed by atoms with van der Waals surface area (Å²) < 4.78 is 0. The van der Waals surface area contributed by atoms with Crippen molar-refractivity contribution in [3.8, 4) is 0 Å². The summed E-state index contributed by atoms with van der Waals surface area (Å²) in [6, 6.07) is 0. The Labute approximate surface area is 117 Å². The summed E-state index contributed by atoms with van der Waals surface area (Å²) >= 11 is 0. The van der Waals surface area contributed by atoms with Gasteiger partial charge in [-0.2, -0.15) is 0 Å². The zero-order chi connectivity index (χ0) is 13.8. The summed E-state index contributed by atoms with van der Waals surface area (Å²) in [7, 11) is 0. The second-order valence-corrected chi connectivity index (χ2v) is 6.02. The fraction of sp³-hybridized carbons (Fsp3) is 0.750. The van der Waals surface area contributed by atoms with Crippen molar-refractivity contribution in [3.05, 3.63) is 22.8 Å². The lowest BCUT2D eigenvalue weighted by Gasteiger charge is -2.14. The van der Waals surface area contributed by atoms with E-state index in [0.29, 0.717) is 5.92 Å². The Morgan fingerprint density at radius 1 is 1.16 bits per heavy atom. The van der Waals surface area contributed by atoms with E-state index in [1.165, 1.54) is 24.8 Å². The average Bonchev–Trinajstić information content (AvgIpc) is 2.79. The third kappa shape index (κ3) is 3.53. The van der Waals surface area contributed by atoms with E-state index in [1.54, 1.807) is 0 Å². The molecule has 3 heteroatoms. The molecule has 0 aliphatic heterocycles. The molecule has 1 N–H and O–H groups in total. The molecule has 0 spiro atoms. The second kappa shape index (κ2) is 6.47. The Balaban J connectivity index is 2.12. The van der Waals surface area contributed by atoms with Crippen LogP contribution in [0.1, 0.15) is 68.2 Å². The number of hydrogen-bond acceptors (Lipinski definition) is 3. The van der Waals surface area contributed by atoms with Crippen molar-refractivity contribution in [2.45, 2.75) is 65.8 Å². The van der Waals surface area contributed by atoms with Gasteiger partial charge in [-0.3, -0.25) is 0 Å². The van der Waals surface area contributed by atoms with E-state index in [0.717, 1.165) is 42.6 Å². The highest BCUT2D eigenvalue weighted by molar-refractivity contribution is 5.25. The number of rotatable bonds is 5. The van der Waals surface area contributed by atoms with Crippen LogP contribution in [0.15, 0.2) is 0 Å². The van der Waals surface area contributed by atoms with Gasteiger partial charge in [0.1, 0.15) is 5.82 Å². The van der Waals surface area contributed by atoms with E-state index in [4.69, 9.17) is 9.97 Å². The highest BCUT2D eigenvalue weighted by Crippen LogP contribution is 2.36. The number of nitrogens with one attached hydrogen (secondary N) is 1. The van der Waals surface area contributed by atoms with Gasteiger partial charge in [0, 0.05) is 29.4 Å². The number of aromatic nitrogens is 2. The fourth-order valence-corrected chi connectivity index (χ4v) is 3.04. The Hall–Kier alpha value is -0.960. The summed E-state index contributed by atoms with van der Waals surface area (Å²) in [5.41, 5.74) is 3.60. The van der Waals surface area contributed by atoms with Gasteiger partial charge < -0.3 is 5.32 Å². The lowest BCUT2D eigenvalue weighted by Crippen LogP contribution is -2.18. The first kappa shape index (κ1) is 14.4. The quantitative estimate of drug-likeness (QED) is 0.824. The van der Waals surface area contributed by atoms with Crippen molar-refractivity contribution < 1.29 is 0 Å². The third-order valence-corrected chi connectivity index (χ3v) is 4.23. The molecule has 2 rings (SSSR count). The van der Waals surface area contributed by atoms with Crippen molar-refractivity contribution in [1.82, 2.24) is 15.3 Å². The number of hydrogen-bond donors (Lipinski definition) is 1. The van der Waals surface area contributed by atoms with E-state index in [9.17, 15) is 0 Å². The van der Waals surface area contributed by atoms with Crippen molar-refractivity contribution >= 4 is 0 Å². The van der Waals surface area contributed by atoms with Crippen LogP contribution in [0, 0.1) is 19.8 Å². The predicted molar refractivity (Wildman–Crippen MR) is 79.3 cm³/mol. The largest absolute Gasteiger partial charge is 0.313 e. The predicted octanol–water partition coefficient (Wildman–Crippen LogP) is 3.50. The molecule has 0 aromatic carbocycles. The molecule has 0 amide bonds. The Morgan fingerprint density at radius 2 is 1.84 bits per heavy atom. The van der Waals surface area contributed by atoms with Crippen molar-refractivity contribution in [2.75, 3.05) is 6.54 Å². The molecule has 2 unspecified atom stereocenters. The highest BCUT2D eigenvalue weighted by atomic mass is 14.9. The zero-order valence-electron chi connectivity index (χ0n) is 12.8. The van der Waals surface area contributed by atoms with E-state index in [2.05, 4.69) is 33.0 Å². The van der Waals surface area contributed by atoms with Crippen molar-refractivity contribution in [2.24, 2.45) is 5.92 Å². The molecule has 106 valence electrons. The fourth-order valence-electron chi connectivity index (χ4n) is 3.04. The molecule has 1 fully saturated rings. The summed E-state index contributed by atoms with van der Waals surface area (Å²) in [5, 5.41) is 3.45. The van der Waals surface area contributed by atoms with Crippen LogP contribution in [-0.4, -0.2) is 16.5 Å². The molecule has 0 bridgehead atoms. The normalized spacial score (nSPS) is 22.9. The molecule has 1 heterocycles. The van der Waals surface area contributed by atoms with E-state index < -0.39 is 0 Å². The summed E-state index contributed by atoms with van der Waals surface area (Å²) in [4.78, 5) is 9.56. The zero-order valence-corrected chi connectivity index (χ0v) is 12.8. The lowest BCUT2D eigenvalue weighted by molar-refractivity contribution is 0.581. The summed E-state index contributed by atoms with van der Waals surface area (Å²) in [5.74, 6) is 2.50. The molecule has 1 aromatic rings. The first-order valence-electron chi connectivity index (χ1n) is 7.66. The molecule has 19 heavy (non-hydrogen) atoms. The smallest absolute Gasteiger partial charge is 0.131 e. The SMILES string of the molecule is CCCNCc1c(C)nc(C2CCC(C)C2)nc1C. The van der Waals surface area contributed by atoms with Gasteiger partial charge in [0.05, 0.1) is 0 Å². The van der Waals surface area contributed by atoms with Gasteiger partial charge in [0.15, 0.2) is 0 Å². The van der Waals surface area contributed by atoms with Gasteiger partial charge in [0.2, 0.25) is 0 Å². The number of aryl methyl sites for hydroxylation is 2. The van der Waals surface area contributed by atoms with Gasteiger partial charge >= 0.3 is 0 Å². The molecule has 1 aliphatic carbocycles. The molecule has 2 atom stereocenters. The Kier molecular flexibility index (Phi) is 4.92. The Bertz CT molecular complexity index is 405. The molecule has 0 saturated heterocycles. The summed E-state index contributed by atoms with van der Waals surface area (Å²) in [6.45, 7) is 10.7. The maximum absolute atomic E-state index is 4.78. The van der Waals surface area contributed by atoms with Gasteiger partial charge in [-0.05, 0) is 52.0 Å². The van der Waals surface area contributed by atoms with Gasteiger partial charge in [-0.15, -0.1) is 0 Å². The van der Waals surface area contributed by atoms with Gasteiger partial charge in [-0.25, -0.2) is 9.97 Å². The van der Waals surface area contributed by atoms with Crippen LogP contribution in [0.3, 0.4) is 0 Å². The molecule has 3 nitrogen and oxygen atoms in total. The standard InChI is InChI=1S/C16H27N3/c1-5-8-17-10-15-12(3)18-16(19-13(15)4)14-7-6-11(2)9-14/h11,14,17H,5-10H2,1-4H3. The highest BCUT2D eigenvalue weighted by Gasteiger charge is 2.25. The lowest BCUT2D eigenvalue weighted by atomic mass is 10.0. The monoisotopic (exact) mass is 261 g/mol.